The first kappa shape index (κ1) is 15.1. The number of hydrogen-bond donors (Lipinski definition) is 1. The average molecular weight is 338 g/mol. The summed E-state index contributed by atoms with van der Waals surface area (Å²) in [4.78, 5) is 0. The van der Waals surface area contributed by atoms with E-state index in [2.05, 4.69) is 57.5 Å². The lowest BCUT2D eigenvalue weighted by Crippen LogP contribution is -2.09. The van der Waals surface area contributed by atoms with Gasteiger partial charge in [-0.15, -0.1) is 0 Å². The highest BCUT2D eigenvalue weighted by Crippen LogP contribution is 2.23. The average Bonchev–Trinajstić information content (AvgIpc) is 2.91. The van der Waals surface area contributed by atoms with Crippen molar-refractivity contribution >= 4 is 21.6 Å². The van der Waals surface area contributed by atoms with Gasteiger partial charge in [0.1, 0.15) is 0 Å². The van der Waals surface area contributed by atoms with E-state index in [1.807, 2.05) is 17.1 Å². The van der Waals surface area contributed by atoms with Crippen LogP contribution in [-0.2, 0) is 11.3 Å². The van der Waals surface area contributed by atoms with E-state index in [1.54, 1.807) is 7.11 Å². The molecule has 1 heterocycles. The Balaban J connectivity index is 2.02. The maximum absolute atomic E-state index is 5.05. The van der Waals surface area contributed by atoms with E-state index >= 15 is 0 Å². The lowest BCUT2D eigenvalue weighted by Gasteiger charge is -2.17. The second kappa shape index (κ2) is 7.45. The van der Waals surface area contributed by atoms with E-state index in [0.29, 0.717) is 12.6 Å². The van der Waals surface area contributed by atoms with Crippen LogP contribution in [0.2, 0.25) is 0 Å². The Morgan fingerprint density at radius 3 is 2.75 bits per heavy atom. The minimum atomic E-state index is 0.295. The molecule has 1 aromatic heterocycles. The van der Waals surface area contributed by atoms with Crippen LogP contribution in [0.4, 0.5) is 5.69 Å². The first-order chi connectivity index (χ1) is 9.72. The van der Waals surface area contributed by atoms with E-state index in [4.69, 9.17) is 4.74 Å². The molecule has 0 bridgehead atoms. The van der Waals surface area contributed by atoms with Crippen molar-refractivity contribution < 1.29 is 4.74 Å². The molecule has 0 aliphatic heterocycles. The molecule has 0 aliphatic carbocycles. The molecule has 1 unspecified atom stereocenters. The molecule has 0 spiro atoms. The highest BCUT2D eigenvalue weighted by Gasteiger charge is 2.10. The van der Waals surface area contributed by atoms with Crippen LogP contribution in [0.5, 0.6) is 0 Å². The number of ether oxygens (including phenoxy) is 1. The molecule has 0 radical (unpaired) electrons. The summed E-state index contributed by atoms with van der Waals surface area (Å²) in [6, 6.07) is 8.72. The molecule has 4 nitrogen and oxygen atoms in total. The lowest BCUT2D eigenvalue weighted by atomic mass is 10.0. The first-order valence-electron chi connectivity index (χ1n) is 6.76. The van der Waals surface area contributed by atoms with Crippen LogP contribution in [0.3, 0.4) is 0 Å². The van der Waals surface area contributed by atoms with Crippen molar-refractivity contribution in [3.8, 4) is 0 Å². The summed E-state index contributed by atoms with van der Waals surface area (Å²) < 4.78 is 8.04. The second-order valence-electron chi connectivity index (χ2n) is 4.64. The van der Waals surface area contributed by atoms with Gasteiger partial charge in [-0.05, 0) is 24.1 Å². The Bertz CT molecular complexity index is 524. The molecular formula is C15H20BrN3O. The van der Waals surface area contributed by atoms with Gasteiger partial charge in [-0.1, -0.05) is 35.0 Å². The van der Waals surface area contributed by atoms with Gasteiger partial charge in [-0.3, -0.25) is 4.68 Å². The van der Waals surface area contributed by atoms with Gasteiger partial charge in [-0.25, -0.2) is 0 Å². The summed E-state index contributed by atoms with van der Waals surface area (Å²) in [6.45, 7) is 3.62. The van der Waals surface area contributed by atoms with E-state index in [9.17, 15) is 0 Å². The van der Waals surface area contributed by atoms with Crippen molar-refractivity contribution in [2.45, 2.75) is 25.9 Å². The minimum Gasteiger partial charge on any atom is -0.383 e. The van der Waals surface area contributed by atoms with E-state index in [1.165, 1.54) is 5.56 Å². The molecular weight excluding hydrogens is 318 g/mol. The van der Waals surface area contributed by atoms with Gasteiger partial charge >= 0.3 is 0 Å². The molecule has 0 saturated carbocycles. The van der Waals surface area contributed by atoms with E-state index in [0.717, 1.165) is 23.1 Å². The van der Waals surface area contributed by atoms with Crippen LogP contribution in [0, 0.1) is 0 Å². The van der Waals surface area contributed by atoms with Crippen molar-refractivity contribution in [3.63, 3.8) is 0 Å². The van der Waals surface area contributed by atoms with Crippen molar-refractivity contribution in [1.29, 1.82) is 0 Å². The molecule has 2 aromatic rings. The summed E-state index contributed by atoms with van der Waals surface area (Å²) in [7, 11) is 1.70. The van der Waals surface area contributed by atoms with Crippen molar-refractivity contribution in [1.82, 2.24) is 9.78 Å². The zero-order valence-corrected chi connectivity index (χ0v) is 13.4. The lowest BCUT2D eigenvalue weighted by molar-refractivity contribution is 0.183. The number of halogens is 1. The van der Waals surface area contributed by atoms with Gasteiger partial charge in [0.25, 0.3) is 0 Å². The first-order valence-corrected chi connectivity index (χ1v) is 7.55. The van der Waals surface area contributed by atoms with Crippen molar-refractivity contribution in [2.24, 2.45) is 0 Å². The normalized spacial score (nSPS) is 12.3. The SMILES string of the molecule is CCC(Nc1cnn(CCOC)c1)c1ccc(Br)cc1. The van der Waals surface area contributed by atoms with Crippen molar-refractivity contribution in [3.05, 3.63) is 46.7 Å². The zero-order chi connectivity index (χ0) is 14.4. The second-order valence-corrected chi connectivity index (χ2v) is 5.56. The Hall–Kier alpha value is -1.33. The predicted octanol–water partition coefficient (Wildman–Crippen LogP) is 3.86. The number of hydrogen-bond acceptors (Lipinski definition) is 3. The number of anilines is 1. The topological polar surface area (TPSA) is 39.1 Å². The van der Waals surface area contributed by atoms with Crippen LogP contribution in [0.25, 0.3) is 0 Å². The van der Waals surface area contributed by atoms with Gasteiger partial charge in [0.05, 0.1) is 31.1 Å². The Morgan fingerprint density at radius 1 is 1.35 bits per heavy atom. The summed E-state index contributed by atoms with van der Waals surface area (Å²) in [5.74, 6) is 0. The van der Waals surface area contributed by atoms with Gasteiger partial charge in [0.15, 0.2) is 0 Å². The fraction of sp³-hybridized carbons (Fsp3) is 0.400. The van der Waals surface area contributed by atoms with Crippen LogP contribution < -0.4 is 5.32 Å². The van der Waals surface area contributed by atoms with E-state index < -0.39 is 0 Å². The molecule has 2 rings (SSSR count). The van der Waals surface area contributed by atoms with Gasteiger partial charge in [0, 0.05) is 17.8 Å². The van der Waals surface area contributed by atoms with Crippen molar-refractivity contribution in [2.75, 3.05) is 19.0 Å². The molecule has 0 amide bonds. The smallest absolute Gasteiger partial charge is 0.0731 e. The number of methoxy groups -OCH3 is 1. The fourth-order valence-corrected chi connectivity index (χ4v) is 2.33. The highest BCUT2D eigenvalue weighted by atomic mass is 79.9. The fourth-order valence-electron chi connectivity index (χ4n) is 2.06. The maximum atomic E-state index is 5.05. The Kier molecular flexibility index (Phi) is 5.61. The standard InChI is InChI=1S/C15H20BrN3O/c1-3-15(12-4-6-13(16)7-5-12)18-14-10-17-19(11-14)8-9-20-2/h4-7,10-11,15,18H,3,8-9H2,1-2H3. The number of nitrogens with one attached hydrogen (secondary N) is 1. The third-order valence-corrected chi connectivity index (χ3v) is 3.71. The third-order valence-electron chi connectivity index (χ3n) is 3.18. The van der Waals surface area contributed by atoms with Crippen LogP contribution >= 0.6 is 15.9 Å². The molecule has 1 N–H and O–H groups in total. The molecule has 1 aromatic carbocycles. The third kappa shape index (κ3) is 4.08. The zero-order valence-electron chi connectivity index (χ0n) is 11.8. The quantitative estimate of drug-likeness (QED) is 0.833. The molecule has 5 heteroatoms. The molecule has 0 saturated heterocycles. The number of nitrogens with zero attached hydrogens (tertiary/aromatic N) is 2. The maximum Gasteiger partial charge on any atom is 0.0731 e. The summed E-state index contributed by atoms with van der Waals surface area (Å²) in [5.41, 5.74) is 2.32. The molecule has 0 aliphatic rings. The molecule has 0 fully saturated rings. The summed E-state index contributed by atoms with van der Waals surface area (Å²) in [5, 5.41) is 7.84. The highest BCUT2D eigenvalue weighted by molar-refractivity contribution is 9.10. The largest absolute Gasteiger partial charge is 0.383 e. The van der Waals surface area contributed by atoms with Crippen LogP contribution in [0.15, 0.2) is 41.1 Å². The van der Waals surface area contributed by atoms with Crippen LogP contribution in [-0.4, -0.2) is 23.5 Å². The van der Waals surface area contributed by atoms with Gasteiger partial charge < -0.3 is 10.1 Å². The molecule has 20 heavy (non-hydrogen) atoms. The van der Waals surface area contributed by atoms with E-state index in [-0.39, 0.29) is 0 Å². The number of aromatic nitrogens is 2. The Labute approximate surface area is 128 Å². The van der Waals surface area contributed by atoms with Gasteiger partial charge in [0.2, 0.25) is 0 Å². The van der Waals surface area contributed by atoms with Gasteiger partial charge in [-0.2, -0.15) is 5.10 Å². The molecule has 1 atom stereocenters. The Morgan fingerprint density at radius 2 is 2.10 bits per heavy atom. The number of benzene rings is 1. The monoisotopic (exact) mass is 337 g/mol. The molecule has 108 valence electrons. The minimum absolute atomic E-state index is 0.295. The van der Waals surface area contributed by atoms with Crippen LogP contribution in [0.1, 0.15) is 24.9 Å². The summed E-state index contributed by atoms with van der Waals surface area (Å²) >= 11 is 3.47. The predicted molar refractivity (Wildman–Crippen MR) is 84.9 cm³/mol. The summed E-state index contributed by atoms with van der Waals surface area (Å²) in [6.07, 6.45) is 4.89. The number of rotatable bonds is 7.